The second kappa shape index (κ2) is 6.56. The molecule has 0 saturated heterocycles. The molecule has 0 aromatic heterocycles. The van der Waals surface area contributed by atoms with E-state index in [2.05, 4.69) is 17.2 Å². The van der Waals surface area contributed by atoms with Crippen molar-refractivity contribution in [2.24, 2.45) is 5.73 Å². The molecular formula is C16H20N2O2. The van der Waals surface area contributed by atoms with Gasteiger partial charge < -0.3 is 15.8 Å². The van der Waals surface area contributed by atoms with Crippen LogP contribution in [0.2, 0.25) is 0 Å². The third-order valence-corrected chi connectivity index (χ3v) is 3.67. The number of nitrogens with two attached hydrogens (primary N) is 1. The molecule has 0 atom stereocenters. The van der Waals surface area contributed by atoms with Crippen LogP contribution in [0, 0.1) is 18.8 Å². The molecule has 106 valence electrons. The third kappa shape index (κ3) is 3.19. The lowest BCUT2D eigenvalue weighted by Crippen LogP contribution is -2.47. The first-order valence-electron chi connectivity index (χ1n) is 6.78. The zero-order valence-corrected chi connectivity index (χ0v) is 11.9. The first-order valence-corrected chi connectivity index (χ1v) is 6.78. The summed E-state index contributed by atoms with van der Waals surface area (Å²) in [6, 6.07) is 5.79. The molecule has 4 heteroatoms. The van der Waals surface area contributed by atoms with Gasteiger partial charge >= 0.3 is 0 Å². The van der Waals surface area contributed by atoms with E-state index in [9.17, 15) is 4.79 Å². The molecule has 1 aliphatic carbocycles. The highest BCUT2D eigenvalue weighted by Crippen LogP contribution is 2.23. The van der Waals surface area contributed by atoms with Crippen LogP contribution in [0.4, 0.5) is 0 Å². The van der Waals surface area contributed by atoms with Crippen molar-refractivity contribution in [3.8, 4) is 11.8 Å². The Morgan fingerprint density at radius 2 is 2.25 bits per heavy atom. The molecule has 1 aliphatic rings. The van der Waals surface area contributed by atoms with Crippen LogP contribution in [0.15, 0.2) is 18.2 Å². The first kappa shape index (κ1) is 14.6. The van der Waals surface area contributed by atoms with Gasteiger partial charge in [0.15, 0.2) is 0 Å². The fraction of sp³-hybridized carbons (Fsp3) is 0.438. The van der Waals surface area contributed by atoms with E-state index in [1.807, 2.05) is 25.1 Å². The molecule has 1 saturated carbocycles. The van der Waals surface area contributed by atoms with Gasteiger partial charge in [-0.2, -0.15) is 0 Å². The van der Waals surface area contributed by atoms with Crippen LogP contribution in [-0.4, -0.2) is 31.7 Å². The molecule has 0 spiro atoms. The van der Waals surface area contributed by atoms with Gasteiger partial charge in [-0.3, -0.25) is 4.79 Å². The number of ether oxygens (including phenoxy) is 1. The third-order valence-electron chi connectivity index (χ3n) is 3.67. The molecule has 0 unspecified atom stereocenters. The van der Waals surface area contributed by atoms with E-state index in [1.165, 1.54) is 0 Å². The first-order chi connectivity index (χ1) is 9.65. The standard InChI is InChI=1S/C16H20N2O2/c1-11-12(6-4-8-17)5-3-7-15(11)16(19)18-13-9-14(10-13)20-2/h3,5,7,13-14H,8-10,17H2,1-2H3,(H,18,19). The number of rotatable bonds is 3. The van der Waals surface area contributed by atoms with Crippen molar-refractivity contribution in [3.63, 3.8) is 0 Å². The molecule has 20 heavy (non-hydrogen) atoms. The van der Waals surface area contributed by atoms with Gasteiger partial charge in [0.1, 0.15) is 0 Å². The van der Waals surface area contributed by atoms with E-state index in [1.54, 1.807) is 7.11 Å². The maximum absolute atomic E-state index is 12.3. The Morgan fingerprint density at radius 3 is 2.90 bits per heavy atom. The maximum atomic E-state index is 12.3. The monoisotopic (exact) mass is 272 g/mol. The number of amides is 1. The quantitative estimate of drug-likeness (QED) is 0.813. The van der Waals surface area contributed by atoms with Crippen LogP contribution in [0.3, 0.4) is 0 Å². The summed E-state index contributed by atoms with van der Waals surface area (Å²) in [5.74, 6) is 5.76. The molecule has 0 aliphatic heterocycles. The van der Waals surface area contributed by atoms with Crippen LogP contribution in [0.1, 0.15) is 34.3 Å². The van der Waals surface area contributed by atoms with E-state index >= 15 is 0 Å². The van der Waals surface area contributed by atoms with Crippen molar-refractivity contribution in [2.45, 2.75) is 31.9 Å². The molecule has 0 bridgehead atoms. The lowest BCUT2D eigenvalue weighted by Gasteiger charge is -2.34. The number of benzene rings is 1. The van der Waals surface area contributed by atoms with Gasteiger partial charge in [-0.15, -0.1) is 0 Å². The van der Waals surface area contributed by atoms with Crippen molar-refractivity contribution >= 4 is 5.91 Å². The van der Waals surface area contributed by atoms with Crippen molar-refractivity contribution in [1.29, 1.82) is 0 Å². The summed E-state index contributed by atoms with van der Waals surface area (Å²) < 4.78 is 5.21. The molecule has 1 fully saturated rings. The summed E-state index contributed by atoms with van der Waals surface area (Å²) in [5.41, 5.74) is 7.80. The molecule has 2 rings (SSSR count). The largest absolute Gasteiger partial charge is 0.381 e. The fourth-order valence-electron chi connectivity index (χ4n) is 2.30. The highest BCUT2D eigenvalue weighted by molar-refractivity contribution is 5.96. The van der Waals surface area contributed by atoms with Crippen LogP contribution in [0.25, 0.3) is 0 Å². The van der Waals surface area contributed by atoms with Crippen LogP contribution in [0.5, 0.6) is 0 Å². The van der Waals surface area contributed by atoms with Crippen molar-refractivity contribution in [1.82, 2.24) is 5.32 Å². The van der Waals surface area contributed by atoms with Gasteiger partial charge in [-0.05, 0) is 37.5 Å². The Kier molecular flexibility index (Phi) is 4.78. The molecule has 0 radical (unpaired) electrons. The van der Waals surface area contributed by atoms with E-state index in [0.717, 1.165) is 24.0 Å². The summed E-state index contributed by atoms with van der Waals surface area (Å²) in [6.45, 7) is 2.23. The lowest BCUT2D eigenvalue weighted by atomic mass is 9.89. The second-order valence-corrected chi connectivity index (χ2v) is 4.98. The zero-order valence-electron chi connectivity index (χ0n) is 11.9. The smallest absolute Gasteiger partial charge is 0.251 e. The summed E-state index contributed by atoms with van der Waals surface area (Å²) in [4.78, 5) is 12.3. The highest BCUT2D eigenvalue weighted by Gasteiger charge is 2.30. The van der Waals surface area contributed by atoms with E-state index in [-0.39, 0.29) is 18.1 Å². The van der Waals surface area contributed by atoms with Gasteiger partial charge in [0, 0.05) is 24.3 Å². The van der Waals surface area contributed by atoms with Gasteiger partial charge in [-0.1, -0.05) is 17.9 Å². The number of carbonyl (C=O) groups is 1. The number of carbonyl (C=O) groups excluding carboxylic acids is 1. The molecule has 1 amide bonds. The summed E-state index contributed by atoms with van der Waals surface area (Å²) in [6.07, 6.45) is 2.05. The number of nitrogens with one attached hydrogen (secondary N) is 1. The van der Waals surface area contributed by atoms with Crippen molar-refractivity contribution in [3.05, 3.63) is 34.9 Å². The van der Waals surface area contributed by atoms with E-state index < -0.39 is 0 Å². The SMILES string of the molecule is COC1CC(NC(=O)c2cccc(C#CCN)c2C)C1. The molecule has 3 N–H and O–H groups in total. The van der Waals surface area contributed by atoms with Gasteiger partial charge in [-0.25, -0.2) is 0 Å². The predicted octanol–water partition coefficient (Wildman–Crippen LogP) is 1.21. The average Bonchev–Trinajstić information content (AvgIpc) is 2.41. The Morgan fingerprint density at radius 1 is 1.50 bits per heavy atom. The van der Waals surface area contributed by atoms with E-state index in [0.29, 0.717) is 12.1 Å². The molecular weight excluding hydrogens is 252 g/mol. The normalized spacial score (nSPS) is 20.6. The minimum Gasteiger partial charge on any atom is -0.381 e. The minimum absolute atomic E-state index is 0.0431. The Labute approximate surface area is 119 Å². The Balaban J connectivity index is 2.06. The highest BCUT2D eigenvalue weighted by atomic mass is 16.5. The Hall–Kier alpha value is -1.83. The van der Waals surface area contributed by atoms with Crippen LogP contribution >= 0.6 is 0 Å². The van der Waals surface area contributed by atoms with Crippen molar-refractivity contribution in [2.75, 3.05) is 13.7 Å². The summed E-state index contributed by atoms with van der Waals surface area (Å²) >= 11 is 0. The average molecular weight is 272 g/mol. The fourth-order valence-corrected chi connectivity index (χ4v) is 2.30. The van der Waals surface area contributed by atoms with Gasteiger partial charge in [0.2, 0.25) is 0 Å². The van der Waals surface area contributed by atoms with Crippen LogP contribution in [-0.2, 0) is 4.74 Å². The molecule has 0 heterocycles. The Bertz CT molecular complexity index is 551. The summed E-state index contributed by atoms with van der Waals surface area (Å²) in [7, 11) is 1.70. The molecule has 4 nitrogen and oxygen atoms in total. The van der Waals surface area contributed by atoms with Gasteiger partial charge in [0.05, 0.1) is 12.6 Å². The molecule has 1 aromatic rings. The van der Waals surface area contributed by atoms with Gasteiger partial charge in [0.25, 0.3) is 5.91 Å². The number of hydrogen-bond acceptors (Lipinski definition) is 3. The van der Waals surface area contributed by atoms with E-state index in [4.69, 9.17) is 10.5 Å². The lowest BCUT2D eigenvalue weighted by molar-refractivity contribution is 0.0176. The second-order valence-electron chi connectivity index (χ2n) is 4.98. The molecule has 1 aromatic carbocycles. The van der Waals surface area contributed by atoms with Crippen molar-refractivity contribution < 1.29 is 9.53 Å². The topological polar surface area (TPSA) is 64.3 Å². The summed E-state index contributed by atoms with van der Waals surface area (Å²) in [5, 5.41) is 3.03. The number of hydrogen-bond donors (Lipinski definition) is 2. The zero-order chi connectivity index (χ0) is 14.5. The predicted molar refractivity (Wildman–Crippen MR) is 78.4 cm³/mol. The van der Waals surface area contributed by atoms with Crippen LogP contribution < -0.4 is 11.1 Å². The maximum Gasteiger partial charge on any atom is 0.251 e. The number of methoxy groups -OCH3 is 1. The minimum atomic E-state index is -0.0431.